The summed E-state index contributed by atoms with van der Waals surface area (Å²) in [6, 6.07) is 40.1. The zero-order valence-electron chi connectivity index (χ0n) is 21.9. The van der Waals surface area contributed by atoms with Gasteiger partial charge in [-0.2, -0.15) is 0 Å². The molecular weight excluding hydrogens is 488 g/mol. The molecule has 39 heavy (non-hydrogen) atoms. The van der Waals surface area contributed by atoms with E-state index in [2.05, 4.69) is 6.58 Å². The van der Waals surface area contributed by atoms with E-state index >= 15 is 0 Å². The second kappa shape index (κ2) is 13.9. The average Bonchev–Trinajstić information content (AvgIpc) is 3.00. The van der Waals surface area contributed by atoms with Crippen molar-refractivity contribution >= 4 is 0 Å². The maximum absolute atomic E-state index is 6.55. The summed E-state index contributed by atoms with van der Waals surface area (Å²) in [7, 11) is 0. The first kappa shape index (κ1) is 26.9. The van der Waals surface area contributed by atoms with Crippen molar-refractivity contribution in [3.8, 4) is 0 Å². The maximum atomic E-state index is 6.55. The highest BCUT2D eigenvalue weighted by atomic mass is 16.7. The summed E-state index contributed by atoms with van der Waals surface area (Å²) in [6.07, 6.45) is -2.35. The van der Waals surface area contributed by atoms with Gasteiger partial charge in [0, 0.05) is 0 Å². The Balaban J connectivity index is 1.39. The molecule has 0 aromatic heterocycles. The second-order valence-corrected chi connectivity index (χ2v) is 9.49. The van der Waals surface area contributed by atoms with Crippen LogP contribution in [0.25, 0.3) is 0 Å². The Kier molecular flexibility index (Phi) is 9.55. The molecular formula is C34H34O5. The fraction of sp³-hybridized carbons (Fsp3) is 0.235. The van der Waals surface area contributed by atoms with Crippen LogP contribution in [0.1, 0.15) is 22.3 Å². The van der Waals surface area contributed by atoms with Crippen molar-refractivity contribution in [1.29, 1.82) is 0 Å². The molecule has 5 heteroatoms. The van der Waals surface area contributed by atoms with Crippen LogP contribution >= 0.6 is 0 Å². The minimum atomic E-state index is -0.723. The van der Waals surface area contributed by atoms with Crippen molar-refractivity contribution in [2.75, 3.05) is 0 Å². The van der Waals surface area contributed by atoms with Crippen molar-refractivity contribution in [1.82, 2.24) is 0 Å². The number of hydrogen-bond acceptors (Lipinski definition) is 5. The molecule has 5 rings (SSSR count). The molecule has 4 aromatic carbocycles. The average molecular weight is 523 g/mol. The normalized spacial score (nSPS) is 20.9. The molecule has 1 fully saturated rings. The van der Waals surface area contributed by atoms with Gasteiger partial charge >= 0.3 is 0 Å². The third-order valence-corrected chi connectivity index (χ3v) is 6.58. The van der Waals surface area contributed by atoms with Gasteiger partial charge in [0.2, 0.25) is 6.29 Å². The molecule has 0 radical (unpaired) electrons. The molecule has 0 aliphatic carbocycles. The van der Waals surface area contributed by atoms with Gasteiger partial charge in [-0.1, -0.05) is 128 Å². The lowest BCUT2D eigenvalue weighted by Crippen LogP contribution is -2.55. The van der Waals surface area contributed by atoms with Gasteiger partial charge in [0.1, 0.15) is 24.1 Å². The third-order valence-electron chi connectivity index (χ3n) is 6.58. The fourth-order valence-corrected chi connectivity index (χ4v) is 4.51. The van der Waals surface area contributed by atoms with Gasteiger partial charge in [-0.3, -0.25) is 0 Å². The molecule has 1 heterocycles. The van der Waals surface area contributed by atoms with Gasteiger partial charge in [0.15, 0.2) is 0 Å². The molecule has 0 amide bonds. The number of rotatable bonds is 12. The topological polar surface area (TPSA) is 46.2 Å². The van der Waals surface area contributed by atoms with Crippen LogP contribution in [0.15, 0.2) is 134 Å². The zero-order chi connectivity index (χ0) is 26.7. The lowest BCUT2D eigenvalue weighted by Gasteiger charge is -2.43. The van der Waals surface area contributed by atoms with Crippen molar-refractivity contribution in [3.63, 3.8) is 0 Å². The zero-order valence-corrected chi connectivity index (χ0v) is 21.9. The van der Waals surface area contributed by atoms with Crippen LogP contribution in [0.2, 0.25) is 0 Å². The van der Waals surface area contributed by atoms with E-state index < -0.39 is 24.6 Å². The first-order valence-electron chi connectivity index (χ1n) is 13.2. The van der Waals surface area contributed by atoms with E-state index in [9.17, 15) is 0 Å². The Labute approximate surface area is 230 Å². The van der Waals surface area contributed by atoms with Crippen molar-refractivity contribution < 1.29 is 23.7 Å². The Morgan fingerprint density at radius 1 is 0.462 bits per heavy atom. The summed E-state index contributed by atoms with van der Waals surface area (Å²) in [6.45, 7) is 5.73. The molecule has 0 bridgehead atoms. The van der Waals surface area contributed by atoms with Gasteiger partial charge in [-0.15, -0.1) is 0 Å². The van der Waals surface area contributed by atoms with E-state index in [-0.39, 0.29) is 0 Å². The van der Waals surface area contributed by atoms with Crippen LogP contribution in [-0.4, -0.2) is 24.6 Å². The first-order valence-corrected chi connectivity index (χ1v) is 13.2. The number of benzene rings is 4. The third kappa shape index (κ3) is 7.65. The molecule has 200 valence electrons. The van der Waals surface area contributed by atoms with Crippen LogP contribution in [-0.2, 0) is 50.1 Å². The Morgan fingerprint density at radius 3 is 1.26 bits per heavy atom. The summed E-state index contributed by atoms with van der Waals surface area (Å²) < 4.78 is 32.0. The minimum Gasteiger partial charge on any atom is -0.464 e. The molecule has 1 aliphatic heterocycles. The second-order valence-electron chi connectivity index (χ2n) is 9.49. The smallest absolute Gasteiger partial charge is 0.229 e. The van der Waals surface area contributed by atoms with E-state index in [0.717, 1.165) is 22.3 Å². The Hall–Kier alpha value is -3.74. The number of hydrogen-bond donors (Lipinski definition) is 0. The highest BCUT2D eigenvalue weighted by Crippen LogP contribution is 2.32. The summed E-state index contributed by atoms with van der Waals surface area (Å²) >= 11 is 0. The summed E-state index contributed by atoms with van der Waals surface area (Å²) in [5.41, 5.74) is 4.20. The highest BCUT2D eigenvalue weighted by molar-refractivity contribution is 5.17. The summed E-state index contributed by atoms with van der Waals surface area (Å²) in [5, 5.41) is 0. The van der Waals surface area contributed by atoms with Crippen molar-refractivity contribution in [2.24, 2.45) is 0 Å². The van der Waals surface area contributed by atoms with Gasteiger partial charge in [-0.05, 0) is 22.3 Å². The maximum Gasteiger partial charge on any atom is 0.229 e. The quantitative estimate of drug-likeness (QED) is 0.204. The van der Waals surface area contributed by atoms with E-state index in [0.29, 0.717) is 32.2 Å². The predicted molar refractivity (Wildman–Crippen MR) is 150 cm³/mol. The summed E-state index contributed by atoms with van der Waals surface area (Å²) in [5.74, 6) is 0.460. The lowest BCUT2D eigenvalue weighted by molar-refractivity contribution is -0.280. The Morgan fingerprint density at radius 2 is 0.821 bits per heavy atom. The van der Waals surface area contributed by atoms with E-state index in [1.165, 1.54) is 0 Å². The van der Waals surface area contributed by atoms with Crippen LogP contribution in [0.5, 0.6) is 0 Å². The van der Waals surface area contributed by atoms with Crippen molar-refractivity contribution in [2.45, 2.75) is 51.0 Å². The lowest BCUT2D eigenvalue weighted by atomic mass is 10.0. The van der Waals surface area contributed by atoms with E-state index in [1.54, 1.807) is 0 Å². The molecule has 5 nitrogen and oxygen atoms in total. The largest absolute Gasteiger partial charge is 0.464 e. The van der Waals surface area contributed by atoms with Crippen LogP contribution in [0.3, 0.4) is 0 Å². The van der Waals surface area contributed by atoms with Gasteiger partial charge < -0.3 is 23.7 Å². The number of ether oxygens (including phenoxy) is 5. The monoisotopic (exact) mass is 522 g/mol. The fourth-order valence-electron chi connectivity index (χ4n) is 4.51. The molecule has 1 aliphatic rings. The SMILES string of the molecule is C=C1O[C@H](OCc2ccccc2)[C@H](OCc2ccccc2)[C@@H](OCc2ccccc2)[C@@H]1OCc1ccccc1. The molecule has 0 N–H and O–H groups in total. The molecule has 4 atom stereocenters. The molecule has 0 unspecified atom stereocenters. The molecule has 0 spiro atoms. The van der Waals surface area contributed by atoms with Crippen LogP contribution in [0, 0.1) is 0 Å². The van der Waals surface area contributed by atoms with Gasteiger partial charge in [0.25, 0.3) is 0 Å². The first-order chi connectivity index (χ1) is 19.3. The highest BCUT2D eigenvalue weighted by Gasteiger charge is 2.46. The van der Waals surface area contributed by atoms with Crippen molar-refractivity contribution in [3.05, 3.63) is 156 Å². The minimum absolute atomic E-state index is 0.366. The molecule has 0 saturated carbocycles. The summed E-state index contributed by atoms with van der Waals surface area (Å²) in [4.78, 5) is 0. The van der Waals surface area contributed by atoms with Crippen LogP contribution < -0.4 is 0 Å². The van der Waals surface area contributed by atoms with E-state index in [4.69, 9.17) is 23.7 Å². The van der Waals surface area contributed by atoms with Gasteiger partial charge in [-0.25, -0.2) is 0 Å². The standard InChI is InChI=1S/C34H34O5/c1-26-31(35-22-27-14-6-2-7-15-27)32(36-23-28-16-8-3-9-17-28)33(37-24-29-18-10-4-11-19-29)34(39-26)38-25-30-20-12-5-13-21-30/h2-21,31-34H,1,22-25H2/t31-,32+,33-,34+/m1/s1. The van der Waals surface area contributed by atoms with Crippen LogP contribution in [0.4, 0.5) is 0 Å². The molecule has 1 saturated heterocycles. The predicted octanol–water partition coefficient (Wildman–Crippen LogP) is 6.83. The molecule has 4 aromatic rings. The Bertz CT molecular complexity index is 1260. The van der Waals surface area contributed by atoms with Gasteiger partial charge in [0.05, 0.1) is 26.4 Å². The van der Waals surface area contributed by atoms with E-state index in [1.807, 2.05) is 121 Å².